The first kappa shape index (κ1) is 56.5. The summed E-state index contributed by atoms with van der Waals surface area (Å²) >= 11 is 9.38. The van der Waals surface area contributed by atoms with E-state index in [1.54, 1.807) is 0 Å². The number of likely N-dealkylation sites (tertiary alicyclic amines) is 1. The van der Waals surface area contributed by atoms with Gasteiger partial charge in [0.25, 0.3) is 5.91 Å². The number of halogens is 11. The zero-order valence-corrected chi connectivity index (χ0v) is 42.4. The summed E-state index contributed by atoms with van der Waals surface area (Å²) in [6, 6.07) is 6.89. The number of fused-ring (bicyclic) bond motifs is 3. The molecule has 10 rings (SSSR count). The molecule has 1 saturated heterocycles. The average Bonchev–Trinajstić information content (AvgIpc) is 4.17. The average molecular weight is 1240 g/mol. The summed E-state index contributed by atoms with van der Waals surface area (Å²) in [5.74, 6) is -3.37. The number of rotatable bonds is 8. The Morgan fingerprint density at radius 1 is 0.658 bits per heavy atom. The van der Waals surface area contributed by atoms with Crippen LogP contribution in [0.4, 0.5) is 39.5 Å². The molecule has 0 aliphatic carbocycles. The molecular formula is C43H28BBr2F9N9O10S2. The number of carboxylic acid groups (broad SMARTS) is 2. The number of imidazole rings is 3. The molecule has 33 heteroatoms. The third-order valence-corrected chi connectivity index (χ3v) is 12.0. The maximum absolute atomic E-state index is 13.6. The Labute approximate surface area is 441 Å². The van der Waals surface area contributed by atoms with E-state index in [-0.39, 0.29) is 35.5 Å². The number of carboxylic acids is 2. The van der Waals surface area contributed by atoms with Crippen LogP contribution in [-0.2, 0) is 28.6 Å². The molecule has 397 valence electrons. The van der Waals surface area contributed by atoms with E-state index in [2.05, 4.69) is 76.3 Å². The van der Waals surface area contributed by atoms with Crippen molar-refractivity contribution < 1.29 is 85.8 Å². The van der Waals surface area contributed by atoms with E-state index in [9.17, 15) is 62.3 Å². The van der Waals surface area contributed by atoms with E-state index in [1.807, 2.05) is 0 Å². The molecule has 9 aromatic heterocycles. The molecular weight excluding hydrogens is 1210 g/mol. The Morgan fingerprint density at radius 2 is 1.03 bits per heavy atom. The number of sulfonamides is 1. The number of hydrogen-bond acceptors (Lipinski definition) is 13. The number of amides is 1. The van der Waals surface area contributed by atoms with Gasteiger partial charge in [0, 0.05) is 83.7 Å². The van der Waals surface area contributed by atoms with Crippen LogP contribution in [-0.4, -0.2) is 103 Å². The Kier molecular flexibility index (Phi) is 16.2. The van der Waals surface area contributed by atoms with E-state index < -0.39 is 97.5 Å². The maximum atomic E-state index is 13.6. The van der Waals surface area contributed by atoms with Gasteiger partial charge in [0.05, 0.1) is 54.0 Å². The van der Waals surface area contributed by atoms with Gasteiger partial charge in [-0.1, -0.05) is 0 Å². The zero-order chi connectivity index (χ0) is 55.8. The summed E-state index contributed by atoms with van der Waals surface area (Å²) in [5.41, 5.74) is -3.40. The minimum absolute atomic E-state index is 0.111. The van der Waals surface area contributed by atoms with Gasteiger partial charge in [0.1, 0.15) is 22.6 Å². The molecule has 1 aliphatic rings. The molecule has 0 saturated carbocycles. The molecule has 0 atom stereocenters. The van der Waals surface area contributed by atoms with E-state index >= 15 is 0 Å². The molecule has 10 heterocycles. The summed E-state index contributed by atoms with van der Waals surface area (Å²) in [7, 11) is 0.923. The standard InChI is InChI=1S/C17H14BrF3N4O4S.C13H6BrF3N2O3.C13H7F3N2O3.BHNS/c1-30(27,28)23-11-5-25(6-11)16(26)13-7-24-4-9(10-3-14(18)29-8-10)2-12(15(24)22-13)17(19,20)21;14-10-2-7(5-22-10)6-1-8(13(15,16)17)11-18-9(12(20)21)4-19(11)3-6;14-13(15,16)9-3-8(7-1-2-21-6-7)4-18-5-10(12(19)20)17-11(9)18;1-2-3/h2-4,7-8,11,23H,5-6H2,1H3;1-5H,(H,20,21);1-6H,(H,19,20);3H. The fourth-order valence-corrected chi connectivity index (χ4v) is 8.67. The normalized spacial score (nSPS) is 13.1. The number of hydrogen-bond donors (Lipinski definition) is 4. The van der Waals surface area contributed by atoms with Crippen molar-refractivity contribution in [3.63, 3.8) is 0 Å². The quantitative estimate of drug-likeness (QED) is 0.0629. The van der Waals surface area contributed by atoms with Gasteiger partial charge in [-0.2, -0.15) is 39.5 Å². The van der Waals surface area contributed by atoms with Crippen molar-refractivity contribution in [3.8, 4) is 33.4 Å². The van der Waals surface area contributed by atoms with Crippen molar-refractivity contribution in [1.82, 2.24) is 37.8 Å². The topological polar surface area (TPSA) is 245 Å². The number of aromatic carboxylic acids is 2. The van der Waals surface area contributed by atoms with Gasteiger partial charge in [0.15, 0.2) is 20.7 Å². The Morgan fingerprint density at radius 3 is 1.34 bits per heavy atom. The molecule has 76 heavy (non-hydrogen) atoms. The summed E-state index contributed by atoms with van der Waals surface area (Å²) < 4.78 is 166. The van der Waals surface area contributed by atoms with Crippen LogP contribution in [0.3, 0.4) is 0 Å². The van der Waals surface area contributed by atoms with E-state index in [4.69, 9.17) is 23.5 Å². The van der Waals surface area contributed by atoms with Gasteiger partial charge in [-0.25, -0.2) is 37.7 Å². The van der Waals surface area contributed by atoms with E-state index in [0.29, 0.717) is 26.0 Å². The number of pyridine rings is 3. The predicted molar refractivity (Wildman–Crippen MR) is 258 cm³/mol. The molecule has 1 fully saturated rings. The molecule has 0 bridgehead atoms. The number of nitrogens with one attached hydrogen (secondary N) is 1. The number of aromatic nitrogens is 6. The first-order valence-electron chi connectivity index (χ1n) is 20.5. The Balaban J connectivity index is 0.000000165. The van der Waals surface area contributed by atoms with Crippen molar-refractivity contribution in [2.75, 3.05) is 19.3 Å². The predicted octanol–water partition coefficient (Wildman–Crippen LogP) is 10.3. The van der Waals surface area contributed by atoms with Crippen molar-refractivity contribution in [3.05, 3.63) is 142 Å². The van der Waals surface area contributed by atoms with Crippen molar-refractivity contribution in [2.45, 2.75) is 24.6 Å². The number of thiol groups is 1. The molecule has 19 nitrogen and oxygen atoms in total. The minimum atomic E-state index is -4.69. The third kappa shape index (κ3) is 13.1. The molecule has 3 N–H and O–H groups in total. The third-order valence-electron chi connectivity index (χ3n) is 10.4. The van der Waals surface area contributed by atoms with Crippen LogP contribution in [0.2, 0.25) is 0 Å². The first-order valence-corrected chi connectivity index (χ1v) is 24.4. The fourth-order valence-electron chi connectivity index (χ4n) is 7.24. The van der Waals surface area contributed by atoms with Crippen molar-refractivity contribution in [2.24, 2.45) is 4.30 Å². The zero-order valence-electron chi connectivity index (χ0n) is 37.6. The molecule has 0 unspecified atom stereocenters. The molecule has 9 aromatic rings. The molecule has 0 spiro atoms. The van der Waals surface area contributed by atoms with Crippen LogP contribution in [0.1, 0.15) is 48.2 Å². The summed E-state index contributed by atoms with van der Waals surface area (Å²) in [5, 5.41) is 17.8. The second-order valence-corrected chi connectivity index (χ2v) is 19.4. The molecule has 0 aromatic carbocycles. The number of carbonyl (C=O) groups is 3. The van der Waals surface area contributed by atoms with Crippen LogP contribution in [0.25, 0.3) is 50.3 Å². The van der Waals surface area contributed by atoms with Gasteiger partial charge in [0.2, 0.25) is 10.0 Å². The van der Waals surface area contributed by atoms with Crippen LogP contribution in [0.5, 0.6) is 0 Å². The van der Waals surface area contributed by atoms with Gasteiger partial charge in [-0.15, -0.1) is 0 Å². The molecule has 1 amide bonds. The number of nitrogens with zero attached hydrogens (tertiary/aromatic N) is 8. The fraction of sp³-hybridized carbons (Fsp3) is 0.163. The number of furan rings is 3. The van der Waals surface area contributed by atoms with E-state index in [0.717, 1.165) is 50.1 Å². The number of carbonyl (C=O) groups excluding carboxylic acids is 1. The van der Waals surface area contributed by atoms with Crippen LogP contribution in [0.15, 0.2) is 126 Å². The van der Waals surface area contributed by atoms with Crippen molar-refractivity contribution in [1.29, 1.82) is 0 Å². The van der Waals surface area contributed by atoms with Crippen LogP contribution >= 0.6 is 44.7 Å². The summed E-state index contributed by atoms with van der Waals surface area (Å²) in [6.07, 6.45) is -0.304. The van der Waals surface area contributed by atoms with Gasteiger partial charge in [-0.05, 0) is 68.3 Å². The van der Waals surface area contributed by atoms with Gasteiger partial charge in [-0.3, -0.25) is 4.79 Å². The number of alkyl halides is 9. The van der Waals surface area contributed by atoms with Crippen molar-refractivity contribution >= 4 is 97.1 Å². The first-order chi connectivity index (χ1) is 35.4. The SMILES string of the molecule is CS(=O)(=O)NC1CN(C(=O)c2cn3cc(-c4coc(Br)c4)cc(C(F)(F)F)c3n2)C1.O=C(O)c1cn2cc(-c3ccoc3)cc(C(F)(F)F)c2n1.O=C(O)c1cn2cc(-c3coc(Br)c3)cc(C(F)(F)F)c2n1.[B]=NS. The van der Waals surface area contributed by atoms with Gasteiger partial charge < -0.3 is 41.6 Å². The second-order valence-electron chi connectivity index (χ2n) is 15.8. The summed E-state index contributed by atoms with van der Waals surface area (Å²) in [6.45, 7) is 0.223. The van der Waals surface area contributed by atoms with Crippen LogP contribution < -0.4 is 4.72 Å². The molecule has 1 radical (unpaired) electrons. The molecule has 1 aliphatic heterocycles. The Bertz CT molecular complexity index is 3770. The van der Waals surface area contributed by atoms with E-state index in [1.165, 1.54) is 72.9 Å². The summed E-state index contributed by atoms with van der Waals surface area (Å²) in [4.78, 5) is 46.6. The monoisotopic (exact) mass is 1230 g/mol. The van der Waals surface area contributed by atoms with Gasteiger partial charge >= 0.3 is 55.2 Å². The van der Waals surface area contributed by atoms with Crippen LogP contribution in [0, 0.1) is 0 Å². The Hall–Kier alpha value is -7.23. The second kappa shape index (κ2) is 21.8.